The zero-order valence-corrected chi connectivity index (χ0v) is 5.75. The monoisotopic (exact) mass is 134 g/mol. The molecule has 2 heteroatoms. The van der Waals surface area contributed by atoms with Crippen molar-refractivity contribution >= 4 is 6.21 Å². The summed E-state index contributed by atoms with van der Waals surface area (Å²) in [5.74, 6) is 0. The Hall–Kier alpha value is -0.890. The summed E-state index contributed by atoms with van der Waals surface area (Å²) >= 11 is 0. The zero-order valence-electron chi connectivity index (χ0n) is 5.75. The van der Waals surface area contributed by atoms with Crippen LogP contribution in [0.5, 0.6) is 0 Å². The summed E-state index contributed by atoms with van der Waals surface area (Å²) in [6, 6.07) is 0.436. The highest BCUT2D eigenvalue weighted by molar-refractivity contribution is 5.82. The number of nitrogens with zero attached hydrogens (tertiary/aromatic N) is 1. The lowest BCUT2D eigenvalue weighted by Gasteiger charge is -2.21. The molecule has 1 N–H and O–H groups in total. The van der Waals surface area contributed by atoms with Gasteiger partial charge in [0.15, 0.2) is 0 Å². The molecule has 0 spiro atoms. The van der Waals surface area contributed by atoms with Gasteiger partial charge in [-0.2, -0.15) is 0 Å². The number of aliphatic imine (C=N–C) groups is 1. The fourth-order valence-corrected chi connectivity index (χ4v) is 1.28. The van der Waals surface area contributed by atoms with Crippen LogP contribution in [-0.2, 0) is 0 Å². The van der Waals surface area contributed by atoms with E-state index in [1.807, 2.05) is 6.21 Å². The highest BCUT2D eigenvalue weighted by Crippen LogP contribution is 2.11. The van der Waals surface area contributed by atoms with Crippen molar-refractivity contribution in [3.05, 3.63) is 23.8 Å². The van der Waals surface area contributed by atoms with Gasteiger partial charge >= 0.3 is 0 Å². The smallest absolute Gasteiger partial charge is 0.0891 e. The third-order valence-corrected chi connectivity index (χ3v) is 1.82. The van der Waals surface area contributed by atoms with Crippen LogP contribution >= 0.6 is 0 Å². The molecule has 0 bridgehead atoms. The summed E-state index contributed by atoms with van der Waals surface area (Å²) in [6.07, 6.45) is 9.60. The fourth-order valence-electron chi connectivity index (χ4n) is 1.28. The first kappa shape index (κ1) is 5.86. The Labute approximate surface area is 60.3 Å². The van der Waals surface area contributed by atoms with Crippen molar-refractivity contribution in [1.29, 1.82) is 0 Å². The molecule has 1 aliphatic heterocycles. The van der Waals surface area contributed by atoms with Gasteiger partial charge in [0.25, 0.3) is 0 Å². The molecule has 0 amide bonds. The average molecular weight is 134 g/mol. The minimum atomic E-state index is 0.436. The van der Waals surface area contributed by atoms with Crippen LogP contribution in [0.3, 0.4) is 0 Å². The van der Waals surface area contributed by atoms with Crippen LogP contribution in [0, 0.1) is 0 Å². The Bertz CT molecular complexity index is 213. The third kappa shape index (κ3) is 0.907. The van der Waals surface area contributed by atoms with Crippen LogP contribution < -0.4 is 5.32 Å². The van der Waals surface area contributed by atoms with E-state index >= 15 is 0 Å². The van der Waals surface area contributed by atoms with Gasteiger partial charge in [-0.1, -0.05) is 18.2 Å². The molecule has 0 saturated heterocycles. The maximum atomic E-state index is 4.12. The SMILES string of the molecule is C1=CC2NCN=CC2=CC1. The minimum Gasteiger partial charge on any atom is -0.288 e. The van der Waals surface area contributed by atoms with E-state index in [1.54, 1.807) is 0 Å². The van der Waals surface area contributed by atoms with Gasteiger partial charge in [-0.15, -0.1) is 0 Å². The Balaban J connectivity index is 2.26. The van der Waals surface area contributed by atoms with E-state index in [2.05, 4.69) is 28.5 Å². The first-order chi connectivity index (χ1) is 4.97. The summed E-state index contributed by atoms with van der Waals surface area (Å²) in [6.45, 7) is 0.756. The lowest BCUT2D eigenvalue weighted by atomic mass is 10.0. The van der Waals surface area contributed by atoms with Crippen molar-refractivity contribution in [2.75, 3.05) is 6.67 Å². The molecule has 0 aromatic rings. The van der Waals surface area contributed by atoms with Crippen LogP contribution in [0.25, 0.3) is 0 Å². The van der Waals surface area contributed by atoms with Gasteiger partial charge in [0.2, 0.25) is 0 Å². The van der Waals surface area contributed by atoms with E-state index in [1.165, 1.54) is 5.57 Å². The van der Waals surface area contributed by atoms with E-state index in [0.717, 1.165) is 13.1 Å². The summed E-state index contributed by atoms with van der Waals surface area (Å²) < 4.78 is 0. The predicted molar refractivity (Wildman–Crippen MR) is 42.1 cm³/mol. The number of hydrogen-bond acceptors (Lipinski definition) is 2. The van der Waals surface area contributed by atoms with Gasteiger partial charge in [0.1, 0.15) is 0 Å². The minimum absolute atomic E-state index is 0.436. The highest BCUT2D eigenvalue weighted by atomic mass is 15.0. The van der Waals surface area contributed by atoms with Gasteiger partial charge in [-0.05, 0) is 12.0 Å². The van der Waals surface area contributed by atoms with E-state index in [0.29, 0.717) is 6.04 Å². The number of fused-ring (bicyclic) bond motifs is 1. The Morgan fingerprint density at radius 3 is 3.50 bits per heavy atom. The van der Waals surface area contributed by atoms with Crippen LogP contribution in [0.15, 0.2) is 28.8 Å². The maximum Gasteiger partial charge on any atom is 0.0891 e. The molecule has 52 valence electrons. The second kappa shape index (κ2) is 2.39. The van der Waals surface area contributed by atoms with Crippen molar-refractivity contribution in [1.82, 2.24) is 5.32 Å². The van der Waals surface area contributed by atoms with Crippen LogP contribution in [-0.4, -0.2) is 18.9 Å². The van der Waals surface area contributed by atoms with E-state index in [9.17, 15) is 0 Å². The van der Waals surface area contributed by atoms with Crippen molar-refractivity contribution in [2.45, 2.75) is 12.5 Å². The van der Waals surface area contributed by atoms with Crippen LogP contribution in [0.1, 0.15) is 6.42 Å². The fraction of sp³-hybridized carbons (Fsp3) is 0.375. The molecule has 10 heavy (non-hydrogen) atoms. The second-order valence-electron chi connectivity index (χ2n) is 2.52. The van der Waals surface area contributed by atoms with Crippen LogP contribution in [0.4, 0.5) is 0 Å². The molecular formula is C8H10N2. The molecule has 0 aromatic carbocycles. The molecule has 1 aliphatic carbocycles. The average Bonchev–Trinajstić information content (AvgIpc) is 2.05. The molecule has 2 rings (SSSR count). The molecule has 1 unspecified atom stereocenters. The lowest BCUT2D eigenvalue weighted by molar-refractivity contribution is 0.659. The quantitative estimate of drug-likeness (QED) is 0.488. The molecule has 2 nitrogen and oxygen atoms in total. The number of rotatable bonds is 0. The third-order valence-electron chi connectivity index (χ3n) is 1.82. The molecule has 0 radical (unpaired) electrons. The highest BCUT2D eigenvalue weighted by Gasteiger charge is 2.12. The molecular weight excluding hydrogens is 124 g/mol. The Kier molecular flexibility index (Phi) is 1.40. The number of hydrogen-bond donors (Lipinski definition) is 1. The van der Waals surface area contributed by atoms with Gasteiger partial charge in [-0.3, -0.25) is 10.3 Å². The Morgan fingerprint density at radius 2 is 2.60 bits per heavy atom. The van der Waals surface area contributed by atoms with E-state index < -0.39 is 0 Å². The van der Waals surface area contributed by atoms with E-state index in [4.69, 9.17) is 0 Å². The zero-order chi connectivity index (χ0) is 6.81. The van der Waals surface area contributed by atoms with E-state index in [-0.39, 0.29) is 0 Å². The molecule has 1 atom stereocenters. The maximum absolute atomic E-state index is 4.12. The summed E-state index contributed by atoms with van der Waals surface area (Å²) in [7, 11) is 0. The first-order valence-corrected chi connectivity index (χ1v) is 3.57. The van der Waals surface area contributed by atoms with Gasteiger partial charge < -0.3 is 0 Å². The first-order valence-electron chi connectivity index (χ1n) is 3.57. The second-order valence-corrected chi connectivity index (χ2v) is 2.52. The topological polar surface area (TPSA) is 24.4 Å². The predicted octanol–water partition coefficient (Wildman–Crippen LogP) is 0.873. The van der Waals surface area contributed by atoms with Gasteiger partial charge in [-0.25, -0.2) is 0 Å². The lowest BCUT2D eigenvalue weighted by Crippen LogP contribution is -2.34. The number of nitrogens with one attached hydrogen (secondary N) is 1. The summed E-state index contributed by atoms with van der Waals surface area (Å²) in [4.78, 5) is 4.12. The van der Waals surface area contributed by atoms with Crippen molar-refractivity contribution in [3.8, 4) is 0 Å². The number of allylic oxidation sites excluding steroid dienone is 2. The van der Waals surface area contributed by atoms with Crippen molar-refractivity contribution in [2.24, 2.45) is 4.99 Å². The van der Waals surface area contributed by atoms with Gasteiger partial charge in [0, 0.05) is 6.21 Å². The van der Waals surface area contributed by atoms with Crippen LogP contribution in [0.2, 0.25) is 0 Å². The summed E-state index contributed by atoms with van der Waals surface area (Å²) in [5, 5.41) is 3.27. The van der Waals surface area contributed by atoms with Crippen molar-refractivity contribution in [3.63, 3.8) is 0 Å². The molecule has 2 aliphatic rings. The Morgan fingerprint density at radius 1 is 1.60 bits per heavy atom. The molecule has 0 aromatic heterocycles. The normalized spacial score (nSPS) is 29.6. The standard InChI is InChI=1S/C8H10N2/c1-2-4-8-7(3-1)5-9-6-10-8/h2-5,8,10H,1,6H2. The van der Waals surface area contributed by atoms with Crippen molar-refractivity contribution < 1.29 is 0 Å². The summed E-state index contributed by atoms with van der Waals surface area (Å²) in [5.41, 5.74) is 1.31. The molecule has 0 fully saturated rings. The largest absolute Gasteiger partial charge is 0.288 e. The molecule has 1 heterocycles. The molecule has 0 saturated carbocycles. The van der Waals surface area contributed by atoms with Gasteiger partial charge in [0.05, 0.1) is 12.7 Å².